The molecule has 1 aliphatic carbocycles. The van der Waals surface area contributed by atoms with Crippen LogP contribution in [0.5, 0.6) is 0 Å². The molecule has 2 rings (SSSR count). The maximum absolute atomic E-state index is 6.10. The zero-order chi connectivity index (χ0) is 13.0. The second-order valence-electron chi connectivity index (χ2n) is 4.85. The largest absolute Gasteiger partial charge is 0.310 e. The van der Waals surface area contributed by atoms with E-state index in [4.69, 9.17) is 11.6 Å². The van der Waals surface area contributed by atoms with Crippen LogP contribution in [0.3, 0.4) is 0 Å². The van der Waals surface area contributed by atoms with E-state index < -0.39 is 0 Å². The summed E-state index contributed by atoms with van der Waals surface area (Å²) >= 11 is 11.5. The molecule has 1 aliphatic rings. The summed E-state index contributed by atoms with van der Waals surface area (Å²) in [4.78, 5) is 0. The fourth-order valence-electron chi connectivity index (χ4n) is 2.46. The third-order valence-corrected chi connectivity index (χ3v) is 5.87. The zero-order valence-corrected chi connectivity index (χ0v) is 13.7. The van der Waals surface area contributed by atoms with Crippen molar-refractivity contribution in [3.05, 3.63) is 33.3 Å². The number of hydrogen-bond donors (Lipinski definition) is 1. The van der Waals surface area contributed by atoms with Crippen molar-refractivity contribution in [2.24, 2.45) is 0 Å². The standard InChI is InChI=1S/C14H19BrClNS/c1-18-12-4-2-3-11(8-12)17-9-10-5-6-13(15)14(16)7-10/h5-7,11-12,17H,2-4,8-9H2,1H3. The Morgan fingerprint density at radius 1 is 1.44 bits per heavy atom. The first-order valence-corrected chi connectivity index (χ1v) is 8.85. The van der Waals surface area contributed by atoms with Crippen LogP contribution in [0, 0.1) is 0 Å². The van der Waals surface area contributed by atoms with Gasteiger partial charge in [0, 0.05) is 22.3 Å². The van der Waals surface area contributed by atoms with Gasteiger partial charge in [-0.15, -0.1) is 0 Å². The monoisotopic (exact) mass is 347 g/mol. The van der Waals surface area contributed by atoms with Crippen LogP contribution in [0.15, 0.2) is 22.7 Å². The second-order valence-corrected chi connectivity index (χ2v) is 7.25. The molecule has 100 valence electrons. The molecule has 1 nitrogen and oxygen atoms in total. The molecule has 0 spiro atoms. The van der Waals surface area contributed by atoms with E-state index in [1.165, 1.54) is 31.2 Å². The molecule has 4 heteroatoms. The molecule has 0 bridgehead atoms. The number of nitrogens with one attached hydrogen (secondary N) is 1. The van der Waals surface area contributed by atoms with Gasteiger partial charge in [0.15, 0.2) is 0 Å². The van der Waals surface area contributed by atoms with E-state index in [0.29, 0.717) is 6.04 Å². The van der Waals surface area contributed by atoms with Gasteiger partial charge >= 0.3 is 0 Å². The maximum Gasteiger partial charge on any atom is 0.0551 e. The molecule has 0 heterocycles. The number of halogens is 2. The predicted octanol–water partition coefficient (Wildman–Crippen LogP) is 4.87. The Balaban J connectivity index is 1.85. The molecule has 2 unspecified atom stereocenters. The van der Waals surface area contributed by atoms with Crippen LogP contribution in [-0.2, 0) is 6.54 Å². The van der Waals surface area contributed by atoms with Crippen molar-refractivity contribution >= 4 is 39.3 Å². The number of hydrogen-bond acceptors (Lipinski definition) is 2. The van der Waals surface area contributed by atoms with Crippen molar-refractivity contribution in [1.82, 2.24) is 5.32 Å². The van der Waals surface area contributed by atoms with Gasteiger partial charge in [-0.25, -0.2) is 0 Å². The van der Waals surface area contributed by atoms with Crippen molar-refractivity contribution in [3.63, 3.8) is 0 Å². The van der Waals surface area contributed by atoms with Crippen molar-refractivity contribution in [2.45, 2.75) is 43.5 Å². The molecule has 0 aromatic heterocycles. The highest BCUT2D eigenvalue weighted by atomic mass is 79.9. The highest BCUT2D eigenvalue weighted by molar-refractivity contribution is 9.10. The third-order valence-electron chi connectivity index (χ3n) is 3.54. The summed E-state index contributed by atoms with van der Waals surface area (Å²) in [7, 11) is 0. The van der Waals surface area contributed by atoms with Gasteiger partial charge < -0.3 is 5.32 Å². The fraction of sp³-hybridized carbons (Fsp3) is 0.571. The fourth-order valence-corrected chi connectivity index (χ4v) is 3.73. The Hall–Kier alpha value is 0.300. The first-order chi connectivity index (χ1) is 8.69. The number of thioether (sulfide) groups is 1. The summed E-state index contributed by atoms with van der Waals surface area (Å²) in [6.07, 6.45) is 7.56. The third kappa shape index (κ3) is 4.16. The molecular weight excluding hydrogens is 330 g/mol. The van der Waals surface area contributed by atoms with Crippen molar-refractivity contribution in [2.75, 3.05) is 6.26 Å². The molecule has 1 saturated carbocycles. The molecule has 1 aromatic carbocycles. The molecule has 1 aromatic rings. The molecule has 0 saturated heterocycles. The van der Waals surface area contributed by atoms with E-state index in [0.717, 1.165) is 21.3 Å². The molecule has 2 atom stereocenters. The van der Waals surface area contributed by atoms with Gasteiger partial charge in [0.1, 0.15) is 0 Å². The van der Waals surface area contributed by atoms with Gasteiger partial charge in [-0.05, 0) is 59.1 Å². The predicted molar refractivity (Wildman–Crippen MR) is 85.6 cm³/mol. The van der Waals surface area contributed by atoms with Gasteiger partial charge in [-0.1, -0.05) is 24.1 Å². The lowest BCUT2D eigenvalue weighted by atomic mass is 9.95. The first-order valence-electron chi connectivity index (χ1n) is 6.39. The Morgan fingerprint density at radius 2 is 2.28 bits per heavy atom. The summed E-state index contributed by atoms with van der Waals surface area (Å²) in [6, 6.07) is 6.84. The van der Waals surface area contributed by atoms with Crippen LogP contribution in [0.25, 0.3) is 0 Å². The highest BCUT2D eigenvalue weighted by Crippen LogP contribution is 2.27. The quantitative estimate of drug-likeness (QED) is 0.833. The van der Waals surface area contributed by atoms with Crippen LogP contribution in [0.2, 0.25) is 5.02 Å². The van der Waals surface area contributed by atoms with E-state index in [2.05, 4.69) is 33.6 Å². The van der Waals surface area contributed by atoms with Gasteiger partial charge in [0.25, 0.3) is 0 Å². The Bertz CT molecular complexity index is 399. The molecule has 1 N–H and O–H groups in total. The first kappa shape index (κ1) is 14.7. The normalized spacial score (nSPS) is 24.2. The lowest BCUT2D eigenvalue weighted by Crippen LogP contribution is -2.34. The lowest BCUT2D eigenvalue weighted by Gasteiger charge is -2.28. The second kappa shape index (κ2) is 7.18. The van der Waals surface area contributed by atoms with E-state index in [1.54, 1.807) is 0 Å². The lowest BCUT2D eigenvalue weighted by molar-refractivity contribution is 0.380. The molecular formula is C14H19BrClNS. The highest BCUT2D eigenvalue weighted by Gasteiger charge is 2.20. The number of rotatable bonds is 4. The van der Waals surface area contributed by atoms with Gasteiger partial charge in [0.05, 0.1) is 5.02 Å². The summed E-state index contributed by atoms with van der Waals surface area (Å²) < 4.78 is 0.966. The average Bonchev–Trinajstić information content (AvgIpc) is 2.40. The zero-order valence-electron chi connectivity index (χ0n) is 10.6. The summed E-state index contributed by atoms with van der Waals surface area (Å²) in [5.41, 5.74) is 1.26. The van der Waals surface area contributed by atoms with Crippen molar-refractivity contribution in [3.8, 4) is 0 Å². The van der Waals surface area contributed by atoms with Crippen molar-refractivity contribution in [1.29, 1.82) is 0 Å². The van der Waals surface area contributed by atoms with E-state index in [-0.39, 0.29) is 0 Å². The van der Waals surface area contributed by atoms with Crippen LogP contribution in [0.1, 0.15) is 31.2 Å². The van der Waals surface area contributed by atoms with Crippen LogP contribution in [-0.4, -0.2) is 17.5 Å². The van der Waals surface area contributed by atoms with E-state index in [9.17, 15) is 0 Å². The summed E-state index contributed by atoms with van der Waals surface area (Å²) in [5, 5.41) is 5.29. The minimum atomic E-state index is 0.665. The van der Waals surface area contributed by atoms with Gasteiger partial charge in [-0.3, -0.25) is 0 Å². The number of benzene rings is 1. The van der Waals surface area contributed by atoms with E-state index in [1.807, 2.05) is 23.9 Å². The Labute approximate surface area is 127 Å². The maximum atomic E-state index is 6.10. The molecule has 1 fully saturated rings. The molecule has 0 amide bonds. The van der Waals surface area contributed by atoms with Crippen LogP contribution < -0.4 is 5.32 Å². The molecule has 0 aliphatic heterocycles. The summed E-state index contributed by atoms with van der Waals surface area (Å²) in [6.45, 7) is 0.915. The van der Waals surface area contributed by atoms with Gasteiger partial charge in [-0.2, -0.15) is 11.8 Å². The van der Waals surface area contributed by atoms with Crippen LogP contribution in [0.4, 0.5) is 0 Å². The topological polar surface area (TPSA) is 12.0 Å². The SMILES string of the molecule is CSC1CCCC(NCc2ccc(Br)c(Cl)c2)C1. The van der Waals surface area contributed by atoms with E-state index >= 15 is 0 Å². The molecule has 0 radical (unpaired) electrons. The minimum absolute atomic E-state index is 0.665. The molecule has 18 heavy (non-hydrogen) atoms. The summed E-state index contributed by atoms with van der Waals surface area (Å²) in [5.74, 6) is 0. The average molecular weight is 349 g/mol. The van der Waals surface area contributed by atoms with Gasteiger partial charge in [0.2, 0.25) is 0 Å². The van der Waals surface area contributed by atoms with Crippen LogP contribution >= 0.6 is 39.3 Å². The Kier molecular flexibility index (Phi) is 5.87. The minimum Gasteiger partial charge on any atom is -0.310 e. The Morgan fingerprint density at radius 3 is 3.00 bits per heavy atom. The van der Waals surface area contributed by atoms with Crippen molar-refractivity contribution < 1.29 is 0 Å². The smallest absolute Gasteiger partial charge is 0.0551 e.